The molecule has 4 rings (SSSR count). The minimum atomic E-state index is -4.74. The summed E-state index contributed by atoms with van der Waals surface area (Å²) in [6, 6.07) is 8.30. The lowest BCUT2D eigenvalue weighted by Crippen LogP contribution is -2.25. The predicted octanol–water partition coefficient (Wildman–Crippen LogP) is 3.92. The van der Waals surface area contributed by atoms with Gasteiger partial charge in [0.2, 0.25) is 11.8 Å². The van der Waals surface area contributed by atoms with Crippen LogP contribution in [0.25, 0.3) is 11.1 Å². The molecule has 162 valence electrons. The van der Waals surface area contributed by atoms with Gasteiger partial charge < -0.3 is 14.6 Å². The van der Waals surface area contributed by atoms with Gasteiger partial charge in [-0.2, -0.15) is 18.2 Å². The molecular weight excluding hydrogens is 439 g/mol. The van der Waals surface area contributed by atoms with Crippen LogP contribution in [-0.2, 0) is 12.7 Å². The first-order valence-electron chi connectivity index (χ1n) is 9.24. The van der Waals surface area contributed by atoms with Crippen molar-refractivity contribution in [2.75, 3.05) is 6.61 Å². The van der Waals surface area contributed by atoms with Gasteiger partial charge >= 0.3 is 6.18 Å². The van der Waals surface area contributed by atoms with Crippen LogP contribution >= 0.6 is 11.6 Å². The van der Waals surface area contributed by atoms with Gasteiger partial charge in [-0.3, -0.25) is 4.79 Å². The Labute approximate surface area is 178 Å². The Morgan fingerprint density at radius 2 is 1.97 bits per heavy atom. The van der Waals surface area contributed by atoms with E-state index in [9.17, 15) is 18.0 Å². The normalized spacial score (nSPS) is 13.8. The molecule has 0 aliphatic heterocycles. The second-order valence-electron chi connectivity index (χ2n) is 6.90. The van der Waals surface area contributed by atoms with Gasteiger partial charge in [0.1, 0.15) is 0 Å². The average molecular weight is 454 g/mol. The third-order valence-corrected chi connectivity index (χ3v) is 4.68. The molecule has 2 aromatic heterocycles. The summed E-state index contributed by atoms with van der Waals surface area (Å²) in [4.78, 5) is 15.9. The van der Waals surface area contributed by atoms with Gasteiger partial charge in [-0.25, -0.2) is 0 Å². The molecule has 1 saturated carbocycles. The van der Waals surface area contributed by atoms with Gasteiger partial charge in [0.25, 0.3) is 11.7 Å². The number of alkyl halides is 3. The van der Waals surface area contributed by atoms with Crippen molar-refractivity contribution >= 4 is 17.5 Å². The molecule has 3 aromatic rings. The van der Waals surface area contributed by atoms with E-state index in [1.165, 1.54) is 0 Å². The number of halogens is 4. The molecule has 8 nitrogen and oxygen atoms in total. The number of hydrogen-bond acceptors (Lipinski definition) is 7. The summed E-state index contributed by atoms with van der Waals surface area (Å²) in [6.07, 6.45) is -2.54. The molecule has 1 aliphatic rings. The van der Waals surface area contributed by atoms with Crippen LogP contribution in [0.5, 0.6) is 5.88 Å². The van der Waals surface area contributed by atoms with Crippen LogP contribution in [0.2, 0.25) is 5.02 Å². The zero-order valence-electron chi connectivity index (χ0n) is 15.8. The first-order chi connectivity index (χ1) is 14.8. The fraction of sp³-hybridized carbons (Fsp3) is 0.316. The number of amides is 1. The van der Waals surface area contributed by atoms with Crippen LogP contribution in [0.1, 0.15) is 35.0 Å². The molecular formula is C19H15ClF3N5O3. The maximum absolute atomic E-state index is 12.7. The summed E-state index contributed by atoms with van der Waals surface area (Å²) < 4.78 is 47.9. The van der Waals surface area contributed by atoms with Gasteiger partial charge in [-0.1, -0.05) is 28.9 Å². The van der Waals surface area contributed by atoms with Crippen LogP contribution in [0.15, 0.2) is 34.9 Å². The number of carbonyl (C=O) groups excluding carboxylic acids is 1. The van der Waals surface area contributed by atoms with Crippen LogP contribution in [0, 0.1) is 5.92 Å². The van der Waals surface area contributed by atoms with E-state index < -0.39 is 30.3 Å². The lowest BCUT2D eigenvalue weighted by molar-refractivity contribution is -0.146. The lowest BCUT2D eigenvalue weighted by Gasteiger charge is -2.11. The van der Waals surface area contributed by atoms with Crippen molar-refractivity contribution in [1.29, 1.82) is 0 Å². The molecule has 0 atom stereocenters. The van der Waals surface area contributed by atoms with Crippen molar-refractivity contribution in [1.82, 2.24) is 25.7 Å². The smallest absolute Gasteiger partial charge is 0.455 e. The molecule has 1 aliphatic carbocycles. The van der Waals surface area contributed by atoms with E-state index in [0.717, 1.165) is 12.8 Å². The largest absolute Gasteiger partial charge is 0.476 e. The second-order valence-corrected chi connectivity index (χ2v) is 7.33. The van der Waals surface area contributed by atoms with E-state index in [-0.39, 0.29) is 11.6 Å². The Morgan fingerprint density at radius 1 is 1.23 bits per heavy atom. The second kappa shape index (κ2) is 8.50. The zero-order valence-corrected chi connectivity index (χ0v) is 16.6. The van der Waals surface area contributed by atoms with Crippen LogP contribution in [0.3, 0.4) is 0 Å². The van der Waals surface area contributed by atoms with E-state index in [0.29, 0.717) is 28.7 Å². The van der Waals surface area contributed by atoms with Gasteiger partial charge in [0.05, 0.1) is 13.2 Å². The van der Waals surface area contributed by atoms with Crippen molar-refractivity contribution in [3.8, 4) is 17.0 Å². The van der Waals surface area contributed by atoms with Crippen molar-refractivity contribution < 1.29 is 27.2 Å². The fourth-order valence-corrected chi connectivity index (χ4v) is 2.76. The quantitative estimate of drug-likeness (QED) is 0.578. The molecule has 0 saturated heterocycles. The number of rotatable bonds is 7. The van der Waals surface area contributed by atoms with Crippen molar-refractivity contribution in [3.63, 3.8) is 0 Å². The topological polar surface area (TPSA) is 103 Å². The van der Waals surface area contributed by atoms with Gasteiger partial charge in [0, 0.05) is 16.7 Å². The van der Waals surface area contributed by atoms with Gasteiger partial charge in [-0.05, 0) is 36.5 Å². The predicted molar refractivity (Wildman–Crippen MR) is 101 cm³/mol. The number of hydrogen-bond donors (Lipinski definition) is 1. The first-order valence-corrected chi connectivity index (χ1v) is 9.62. The summed E-state index contributed by atoms with van der Waals surface area (Å²) in [6.45, 7) is 0.0998. The van der Waals surface area contributed by atoms with Gasteiger partial charge in [-0.15, -0.1) is 10.2 Å². The molecule has 0 unspecified atom stereocenters. The molecule has 0 bridgehead atoms. The molecule has 1 amide bonds. The van der Waals surface area contributed by atoms with E-state index in [4.69, 9.17) is 16.3 Å². The first kappa shape index (κ1) is 21.0. The highest BCUT2D eigenvalue weighted by molar-refractivity contribution is 6.30. The summed E-state index contributed by atoms with van der Waals surface area (Å²) in [5, 5.41) is 13.7. The van der Waals surface area contributed by atoms with Crippen molar-refractivity contribution in [2.45, 2.75) is 25.6 Å². The summed E-state index contributed by atoms with van der Waals surface area (Å²) in [5.74, 6) is -1.74. The number of benzene rings is 1. The maximum Gasteiger partial charge on any atom is 0.455 e. The van der Waals surface area contributed by atoms with Crippen molar-refractivity contribution in [2.24, 2.45) is 5.92 Å². The highest BCUT2D eigenvalue weighted by Gasteiger charge is 2.37. The SMILES string of the molecule is O=C(NCc1nc(C(F)(F)F)no1)c1nnc(OCC2CC2)cc1-c1ccc(Cl)cc1. The Morgan fingerprint density at radius 3 is 2.61 bits per heavy atom. The third-order valence-electron chi connectivity index (χ3n) is 4.43. The highest BCUT2D eigenvalue weighted by Crippen LogP contribution is 2.31. The Bertz CT molecular complexity index is 1080. The van der Waals surface area contributed by atoms with E-state index >= 15 is 0 Å². The standard InChI is InChI=1S/C19H15ClF3N5O3/c20-12-5-3-11(4-6-12)13-7-14(30-9-10-1-2-10)26-27-16(13)17(29)24-8-15-25-18(28-31-15)19(21,22)23/h3-7,10H,1-2,8-9H2,(H,24,29). The minimum absolute atomic E-state index is 0.0448. The molecule has 2 heterocycles. The van der Waals surface area contributed by atoms with Crippen LogP contribution < -0.4 is 10.1 Å². The Kier molecular flexibility index (Phi) is 5.77. The zero-order chi connectivity index (χ0) is 22.0. The van der Waals surface area contributed by atoms with E-state index in [1.807, 2.05) is 0 Å². The molecule has 0 radical (unpaired) electrons. The molecule has 1 fully saturated rings. The minimum Gasteiger partial charge on any atom is -0.476 e. The molecule has 1 aromatic carbocycles. The number of aromatic nitrogens is 4. The Balaban J connectivity index is 1.54. The van der Waals surface area contributed by atoms with Crippen LogP contribution in [-0.4, -0.2) is 32.9 Å². The summed E-state index contributed by atoms with van der Waals surface area (Å²) in [5.41, 5.74) is 1.02. The summed E-state index contributed by atoms with van der Waals surface area (Å²) >= 11 is 5.94. The number of carbonyl (C=O) groups is 1. The molecule has 0 spiro atoms. The average Bonchev–Trinajstić information content (AvgIpc) is 3.44. The third kappa shape index (κ3) is 5.29. The monoisotopic (exact) mass is 453 g/mol. The molecule has 1 N–H and O–H groups in total. The van der Waals surface area contributed by atoms with Crippen LogP contribution in [0.4, 0.5) is 13.2 Å². The molecule has 31 heavy (non-hydrogen) atoms. The Hall–Kier alpha value is -3.21. The fourth-order valence-electron chi connectivity index (χ4n) is 2.63. The number of nitrogens with one attached hydrogen (secondary N) is 1. The number of nitrogens with zero attached hydrogens (tertiary/aromatic N) is 4. The van der Waals surface area contributed by atoms with E-state index in [1.54, 1.807) is 30.3 Å². The highest BCUT2D eigenvalue weighted by atomic mass is 35.5. The number of ether oxygens (including phenoxy) is 1. The summed E-state index contributed by atoms with van der Waals surface area (Å²) in [7, 11) is 0. The van der Waals surface area contributed by atoms with Crippen molar-refractivity contribution in [3.05, 3.63) is 52.8 Å². The lowest BCUT2D eigenvalue weighted by atomic mass is 10.0. The van der Waals surface area contributed by atoms with Gasteiger partial charge in [0.15, 0.2) is 5.69 Å². The molecule has 12 heteroatoms. The van der Waals surface area contributed by atoms with E-state index in [2.05, 4.69) is 30.2 Å². The maximum atomic E-state index is 12.7.